The first-order chi connectivity index (χ1) is 13.8. The average Bonchev–Trinajstić information content (AvgIpc) is 2.74. The fourth-order valence-corrected chi connectivity index (χ4v) is 5.01. The van der Waals surface area contributed by atoms with Crippen molar-refractivity contribution in [2.45, 2.75) is 43.0 Å². The molecule has 0 saturated heterocycles. The number of nitrogens with one attached hydrogen (secondary N) is 1. The Bertz CT molecular complexity index is 988. The zero-order valence-corrected chi connectivity index (χ0v) is 17.3. The molecule has 0 bridgehead atoms. The molecular formula is C21H25FN2O4S. The summed E-state index contributed by atoms with van der Waals surface area (Å²) in [4.78, 5) is 12.5. The molecule has 156 valence electrons. The highest BCUT2D eigenvalue weighted by molar-refractivity contribution is 7.89. The van der Waals surface area contributed by atoms with Gasteiger partial charge in [0.1, 0.15) is 0 Å². The summed E-state index contributed by atoms with van der Waals surface area (Å²) in [6.45, 7) is 0. The predicted octanol–water partition coefficient (Wildman–Crippen LogP) is 4.04. The van der Waals surface area contributed by atoms with Crippen LogP contribution in [0.4, 0.5) is 10.1 Å². The summed E-state index contributed by atoms with van der Waals surface area (Å²) in [5.74, 6) is -1.15. The lowest BCUT2D eigenvalue weighted by atomic mass is 9.96. The lowest BCUT2D eigenvalue weighted by Gasteiger charge is -2.30. The van der Waals surface area contributed by atoms with Crippen LogP contribution >= 0.6 is 0 Å². The summed E-state index contributed by atoms with van der Waals surface area (Å²) in [7, 11) is -0.722. The van der Waals surface area contributed by atoms with Gasteiger partial charge in [0.05, 0.1) is 12.0 Å². The van der Waals surface area contributed by atoms with Crippen LogP contribution in [0.25, 0.3) is 0 Å². The summed E-state index contributed by atoms with van der Waals surface area (Å²) in [6.07, 6.45) is 4.90. The molecule has 1 amide bonds. The third-order valence-corrected chi connectivity index (χ3v) is 7.18. The van der Waals surface area contributed by atoms with Crippen LogP contribution in [-0.4, -0.2) is 38.8 Å². The molecule has 1 aliphatic carbocycles. The van der Waals surface area contributed by atoms with Gasteiger partial charge >= 0.3 is 0 Å². The van der Waals surface area contributed by atoms with E-state index < -0.39 is 21.7 Å². The largest absolute Gasteiger partial charge is 0.494 e. The molecule has 2 aromatic rings. The Morgan fingerprint density at radius 1 is 1.14 bits per heavy atom. The number of benzene rings is 2. The molecular weight excluding hydrogens is 395 g/mol. The van der Waals surface area contributed by atoms with Crippen LogP contribution in [-0.2, 0) is 10.0 Å². The van der Waals surface area contributed by atoms with Crippen molar-refractivity contribution in [3.05, 3.63) is 53.8 Å². The van der Waals surface area contributed by atoms with Crippen molar-refractivity contribution in [3.63, 3.8) is 0 Å². The number of nitrogens with zero attached hydrogens (tertiary/aromatic N) is 1. The van der Waals surface area contributed by atoms with Crippen LogP contribution in [0, 0.1) is 5.82 Å². The van der Waals surface area contributed by atoms with E-state index in [0.29, 0.717) is 5.69 Å². The first kappa shape index (κ1) is 21.3. The van der Waals surface area contributed by atoms with Crippen LogP contribution < -0.4 is 10.1 Å². The average molecular weight is 421 g/mol. The molecule has 0 aliphatic heterocycles. The van der Waals surface area contributed by atoms with E-state index in [9.17, 15) is 17.6 Å². The number of hydrogen-bond acceptors (Lipinski definition) is 4. The maximum Gasteiger partial charge on any atom is 0.255 e. The monoisotopic (exact) mass is 420 g/mol. The van der Waals surface area contributed by atoms with Crippen molar-refractivity contribution in [1.29, 1.82) is 0 Å². The summed E-state index contributed by atoms with van der Waals surface area (Å²) in [6, 6.07) is 9.98. The molecule has 0 radical (unpaired) electrons. The molecule has 1 N–H and O–H groups in total. The topological polar surface area (TPSA) is 75.7 Å². The molecule has 0 spiro atoms. The second-order valence-electron chi connectivity index (χ2n) is 7.14. The van der Waals surface area contributed by atoms with Crippen molar-refractivity contribution in [1.82, 2.24) is 4.31 Å². The molecule has 6 nitrogen and oxygen atoms in total. The molecule has 0 aromatic heterocycles. The molecule has 1 fully saturated rings. The van der Waals surface area contributed by atoms with Crippen LogP contribution in [0.1, 0.15) is 42.5 Å². The third-order valence-electron chi connectivity index (χ3n) is 5.27. The smallest absolute Gasteiger partial charge is 0.255 e. The van der Waals surface area contributed by atoms with E-state index in [1.165, 1.54) is 35.7 Å². The number of sulfonamides is 1. The molecule has 0 heterocycles. The Labute approximate surface area is 170 Å². The van der Waals surface area contributed by atoms with Crippen LogP contribution in [0.3, 0.4) is 0 Å². The van der Waals surface area contributed by atoms with Gasteiger partial charge in [-0.2, -0.15) is 4.31 Å². The van der Waals surface area contributed by atoms with E-state index in [2.05, 4.69) is 5.32 Å². The number of carbonyl (C=O) groups is 1. The van der Waals surface area contributed by atoms with E-state index in [1.807, 2.05) is 0 Å². The number of carbonyl (C=O) groups excluding carboxylic acids is 1. The highest BCUT2D eigenvalue weighted by Gasteiger charge is 2.29. The van der Waals surface area contributed by atoms with Gasteiger partial charge in [-0.3, -0.25) is 4.79 Å². The Balaban J connectivity index is 1.78. The summed E-state index contributed by atoms with van der Waals surface area (Å²) in [5.41, 5.74) is 0.431. The highest BCUT2D eigenvalue weighted by Crippen LogP contribution is 2.27. The number of amides is 1. The number of rotatable bonds is 6. The van der Waals surface area contributed by atoms with Crippen molar-refractivity contribution >= 4 is 21.6 Å². The molecule has 2 aromatic carbocycles. The molecule has 1 aliphatic rings. The van der Waals surface area contributed by atoms with Gasteiger partial charge in [0.25, 0.3) is 5.91 Å². The van der Waals surface area contributed by atoms with Crippen molar-refractivity contribution in [2.75, 3.05) is 19.5 Å². The molecule has 1 saturated carbocycles. The number of hydrogen-bond donors (Lipinski definition) is 1. The standard InChI is InChI=1S/C21H25FN2O4S/c1-24(17-8-4-3-5-9-17)29(26,27)18-10-6-7-16(14-18)23-21(25)15-11-12-20(28-2)19(22)13-15/h6-7,10-14,17H,3-5,8-9H2,1-2H3,(H,23,25). The van der Waals surface area contributed by atoms with E-state index in [-0.39, 0.29) is 22.3 Å². The highest BCUT2D eigenvalue weighted by atomic mass is 32.2. The van der Waals surface area contributed by atoms with Crippen molar-refractivity contribution in [3.8, 4) is 5.75 Å². The molecule has 8 heteroatoms. The normalized spacial score (nSPS) is 15.3. The number of anilines is 1. The van der Waals surface area contributed by atoms with Gasteiger partial charge in [0, 0.05) is 24.3 Å². The quantitative estimate of drug-likeness (QED) is 0.765. The van der Waals surface area contributed by atoms with Gasteiger partial charge in [-0.25, -0.2) is 12.8 Å². The molecule has 0 atom stereocenters. The van der Waals surface area contributed by atoms with E-state index in [1.54, 1.807) is 19.2 Å². The molecule has 29 heavy (non-hydrogen) atoms. The van der Waals surface area contributed by atoms with Crippen molar-refractivity contribution < 1.29 is 22.3 Å². The lowest BCUT2D eigenvalue weighted by Crippen LogP contribution is -2.38. The zero-order valence-electron chi connectivity index (χ0n) is 16.5. The summed E-state index contributed by atoms with van der Waals surface area (Å²) >= 11 is 0. The Hall–Kier alpha value is -2.45. The van der Waals surface area contributed by atoms with E-state index >= 15 is 0 Å². The van der Waals surface area contributed by atoms with Gasteiger partial charge in [0.2, 0.25) is 10.0 Å². The van der Waals surface area contributed by atoms with Crippen LogP contribution in [0.2, 0.25) is 0 Å². The van der Waals surface area contributed by atoms with Gasteiger partial charge in [0.15, 0.2) is 11.6 Å². The second kappa shape index (κ2) is 8.92. The fraction of sp³-hybridized carbons (Fsp3) is 0.381. The van der Waals surface area contributed by atoms with Gasteiger partial charge in [-0.05, 0) is 49.2 Å². The van der Waals surface area contributed by atoms with Crippen LogP contribution in [0.5, 0.6) is 5.75 Å². The van der Waals surface area contributed by atoms with Gasteiger partial charge < -0.3 is 10.1 Å². The maximum atomic E-state index is 13.8. The second-order valence-corrected chi connectivity index (χ2v) is 9.14. The summed E-state index contributed by atoms with van der Waals surface area (Å²) in [5, 5.41) is 2.62. The van der Waals surface area contributed by atoms with E-state index in [0.717, 1.165) is 38.2 Å². The first-order valence-corrected chi connectivity index (χ1v) is 11.0. The van der Waals surface area contributed by atoms with Crippen molar-refractivity contribution in [2.24, 2.45) is 0 Å². The first-order valence-electron chi connectivity index (χ1n) is 9.56. The van der Waals surface area contributed by atoms with Crippen LogP contribution in [0.15, 0.2) is 47.4 Å². The Morgan fingerprint density at radius 3 is 2.52 bits per heavy atom. The fourth-order valence-electron chi connectivity index (χ4n) is 3.55. The zero-order chi connectivity index (χ0) is 21.0. The number of methoxy groups -OCH3 is 1. The maximum absolute atomic E-state index is 13.8. The number of halogens is 1. The summed E-state index contributed by atoms with van der Waals surface area (Å²) < 4.78 is 46.1. The predicted molar refractivity (Wildman–Crippen MR) is 109 cm³/mol. The van der Waals surface area contributed by atoms with Gasteiger partial charge in [-0.15, -0.1) is 0 Å². The number of ether oxygens (including phenoxy) is 1. The lowest BCUT2D eigenvalue weighted by molar-refractivity contribution is 0.102. The van der Waals surface area contributed by atoms with Gasteiger partial charge in [-0.1, -0.05) is 25.3 Å². The molecule has 0 unspecified atom stereocenters. The Morgan fingerprint density at radius 2 is 1.86 bits per heavy atom. The minimum absolute atomic E-state index is 0.00530. The molecule has 3 rings (SSSR count). The third kappa shape index (κ3) is 4.76. The SMILES string of the molecule is COc1ccc(C(=O)Nc2cccc(S(=O)(=O)N(C)C3CCCCC3)c2)cc1F. The Kier molecular flexibility index (Phi) is 6.54. The minimum atomic E-state index is -3.67. The minimum Gasteiger partial charge on any atom is -0.494 e. The van der Waals surface area contributed by atoms with E-state index in [4.69, 9.17) is 4.74 Å².